The molecule has 4 aromatic rings. The monoisotopic (exact) mass is 428 g/mol. The molecule has 0 saturated heterocycles. The molecule has 0 spiro atoms. The number of hydrogen-bond donors (Lipinski definition) is 0. The second-order valence-electron chi connectivity index (χ2n) is 8.99. The molecule has 0 atom stereocenters. The van der Waals surface area contributed by atoms with Gasteiger partial charge in [0, 0.05) is 36.5 Å². The minimum Gasteiger partial charge on any atom is -0.334 e. The third kappa shape index (κ3) is 3.79. The highest BCUT2D eigenvalue weighted by molar-refractivity contribution is 5.92. The number of benzene rings is 1. The number of amides is 1. The zero-order valence-electron chi connectivity index (χ0n) is 18.3. The number of carbonyl (C=O) groups excluding carboxylic acids is 1. The van der Waals surface area contributed by atoms with Crippen molar-refractivity contribution in [1.82, 2.24) is 29.6 Å². The lowest BCUT2D eigenvalue weighted by atomic mass is 9.96. The molecule has 1 aromatic carbocycles. The molecule has 5 rings (SSSR count). The molecule has 32 heavy (non-hydrogen) atoms. The predicted molar refractivity (Wildman–Crippen MR) is 118 cm³/mol. The summed E-state index contributed by atoms with van der Waals surface area (Å²) in [5.41, 5.74) is 3.44. The van der Waals surface area contributed by atoms with E-state index in [1.165, 1.54) is 11.1 Å². The summed E-state index contributed by atoms with van der Waals surface area (Å²) in [7, 11) is 0. The number of hydrogen-bond acceptors (Lipinski definition) is 6. The summed E-state index contributed by atoms with van der Waals surface area (Å²) in [6.45, 7) is 7.38. The van der Waals surface area contributed by atoms with Crippen molar-refractivity contribution in [3.8, 4) is 17.3 Å². The summed E-state index contributed by atoms with van der Waals surface area (Å²) in [6.07, 6.45) is 5.84. The third-order valence-electron chi connectivity index (χ3n) is 5.57. The number of nitrogens with zero attached hydrogens (tertiary/aromatic N) is 6. The van der Waals surface area contributed by atoms with E-state index in [4.69, 9.17) is 4.52 Å². The molecule has 0 saturated carbocycles. The van der Waals surface area contributed by atoms with Crippen LogP contribution in [-0.2, 0) is 18.4 Å². The van der Waals surface area contributed by atoms with Gasteiger partial charge in [-0.15, -0.1) is 0 Å². The number of aromatic nitrogens is 5. The standard InChI is InChI=1S/C24H24N6O2/c1-24(2,3)23-27-21(32-28-23)17-8-10-25-20(12-17)30-14-19(26-15-30)22(31)29-11-9-16-6-4-5-7-18(16)13-29/h4-8,10,12,14-15H,9,11,13H2,1-3H3. The van der Waals surface area contributed by atoms with Crippen LogP contribution in [0, 0.1) is 0 Å². The second kappa shape index (κ2) is 7.71. The Morgan fingerprint density at radius 3 is 2.69 bits per heavy atom. The summed E-state index contributed by atoms with van der Waals surface area (Å²) in [4.78, 5) is 28.1. The quantitative estimate of drug-likeness (QED) is 0.493. The molecule has 0 unspecified atom stereocenters. The molecule has 8 nitrogen and oxygen atoms in total. The van der Waals surface area contributed by atoms with Gasteiger partial charge in [0.15, 0.2) is 5.82 Å². The van der Waals surface area contributed by atoms with Crippen LogP contribution in [0.5, 0.6) is 0 Å². The largest absolute Gasteiger partial charge is 0.334 e. The van der Waals surface area contributed by atoms with E-state index in [-0.39, 0.29) is 11.3 Å². The minimum absolute atomic E-state index is 0.0823. The van der Waals surface area contributed by atoms with E-state index >= 15 is 0 Å². The minimum atomic E-state index is -0.202. The normalized spacial score (nSPS) is 13.8. The highest BCUT2D eigenvalue weighted by Gasteiger charge is 2.24. The van der Waals surface area contributed by atoms with Gasteiger partial charge in [0.25, 0.3) is 11.8 Å². The average Bonchev–Trinajstić information content (AvgIpc) is 3.49. The fourth-order valence-electron chi connectivity index (χ4n) is 3.73. The lowest BCUT2D eigenvalue weighted by Gasteiger charge is -2.28. The Hall–Kier alpha value is -3.81. The molecule has 8 heteroatoms. The summed E-state index contributed by atoms with van der Waals surface area (Å²) in [5.74, 6) is 1.61. The Kier molecular flexibility index (Phi) is 4.84. The van der Waals surface area contributed by atoms with Crippen LogP contribution in [0.3, 0.4) is 0 Å². The van der Waals surface area contributed by atoms with Crippen LogP contribution in [0.4, 0.5) is 0 Å². The first-order chi connectivity index (χ1) is 15.4. The van der Waals surface area contributed by atoms with E-state index in [9.17, 15) is 4.79 Å². The van der Waals surface area contributed by atoms with Crippen LogP contribution in [0.15, 0.2) is 59.6 Å². The SMILES string of the molecule is CC(C)(C)c1noc(-c2ccnc(-n3cnc(C(=O)N4CCc5ccccc5C4)c3)c2)n1. The molecule has 1 amide bonds. The highest BCUT2D eigenvalue weighted by atomic mass is 16.5. The van der Waals surface area contributed by atoms with Gasteiger partial charge in [0.05, 0.1) is 0 Å². The van der Waals surface area contributed by atoms with Gasteiger partial charge in [-0.2, -0.15) is 4.98 Å². The Morgan fingerprint density at radius 2 is 1.91 bits per heavy atom. The summed E-state index contributed by atoms with van der Waals surface area (Å²) in [6, 6.07) is 11.9. The maximum Gasteiger partial charge on any atom is 0.274 e. The van der Waals surface area contributed by atoms with E-state index in [1.807, 2.05) is 49.9 Å². The molecule has 4 heterocycles. The predicted octanol–water partition coefficient (Wildman–Crippen LogP) is 3.81. The number of carbonyl (C=O) groups is 1. The van der Waals surface area contributed by atoms with Crippen molar-refractivity contribution in [2.45, 2.75) is 39.2 Å². The topological polar surface area (TPSA) is 89.9 Å². The van der Waals surface area contributed by atoms with Gasteiger partial charge in [-0.25, -0.2) is 9.97 Å². The van der Waals surface area contributed by atoms with Crippen LogP contribution in [0.1, 0.15) is 48.2 Å². The van der Waals surface area contributed by atoms with Crippen LogP contribution in [0.2, 0.25) is 0 Å². The molecule has 0 aliphatic carbocycles. The molecule has 0 bridgehead atoms. The molecular formula is C24H24N6O2. The smallest absolute Gasteiger partial charge is 0.274 e. The van der Waals surface area contributed by atoms with E-state index in [0.717, 1.165) is 12.0 Å². The van der Waals surface area contributed by atoms with Gasteiger partial charge >= 0.3 is 0 Å². The first kappa shape index (κ1) is 20.1. The lowest BCUT2D eigenvalue weighted by molar-refractivity contribution is 0.0729. The summed E-state index contributed by atoms with van der Waals surface area (Å²) < 4.78 is 7.18. The van der Waals surface area contributed by atoms with Crippen molar-refractivity contribution >= 4 is 5.91 Å². The number of fused-ring (bicyclic) bond motifs is 1. The van der Waals surface area contributed by atoms with Gasteiger partial charge in [-0.3, -0.25) is 9.36 Å². The maximum absolute atomic E-state index is 13.0. The molecule has 3 aromatic heterocycles. The molecule has 0 fully saturated rings. The van der Waals surface area contributed by atoms with E-state index in [0.29, 0.717) is 36.3 Å². The van der Waals surface area contributed by atoms with Crippen LogP contribution in [-0.4, -0.2) is 42.0 Å². The van der Waals surface area contributed by atoms with Crippen molar-refractivity contribution in [2.24, 2.45) is 0 Å². The van der Waals surface area contributed by atoms with Crippen LogP contribution >= 0.6 is 0 Å². The molecule has 162 valence electrons. The van der Waals surface area contributed by atoms with Crippen molar-refractivity contribution in [3.05, 3.63) is 77.8 Å². The molecule has 0 radical (unpaired) electrons. The fourth-order valence-corrected chi connectivity index (χ4v) is 3.73. The molecule has 1 aliphatic heterocycles. The average molecular weight is 428 g/mol. The number of rotatable bonds is 3. The number of imidazole rings is 1. The van der Waals surface area contributed by atoms with Gasteiger partial charge in [0.1, 0.15) is 17.8 Å². The third-order valence-corrected chi connectivity index (χ3v) is 5.57. The lowest BCUT2D eigenvalue weighted by Crippen LogP contribution is -2.36. The summed E-state index contributed by atoms with van der Waals surface area (Å²) in [5, 5.41) is 4.09. The molecule has 0 N–H and O–H groups in total. The van der Waals surface area contributed by atoms with Gasteiger partial charge in [-0.1, -0.05) is 50.2 Å². The Labute approximate surface area is 185 Å². The van der Waals surface area contributed by atoms with E-state index in [1.54, 1.807) is 23.3 Å². The second-order valence-corrected chi connectivity index (χ2v) is 8.99. The van der Waals surface area contributed by atoms with Crippen molar-refractivity contribution < 1.29 is 9.32 Å². The van der Waals surface area contributed by atoms with E-state index < -0.39 is 0 Å². The first-order valence-corrected chi connectivity index (χ1v) is 10.6. The number of pyridine rings is 1. The van der Waals surface area contributed by atoms with Crippen molar-refractivity contribution in [1.29, 1.82) is 0 Å². The molecular weight excluding hydrogens is 404 g/mol. The van der Waals surface area contributed by atoms with Gasteiger partial charge < -0.3 is 9.42 Å². The Morgan fingerprint density at radius 1 is 1.09 bits per heavy atom. The Balaban J connectivity index is 1.37. The van der Waals surface area contributed by atoms with Crippen molar-refractivity contribution in [3.63, 3.8) is 0 Å². The van der Waals surface area contributed by atoms with Gasteiger partial charge in [0.2, 0.25) is 0 Å². The van der Waals surface area contributed by atoms with E-state index in [2.05, 4.69) is 32.2 Å². The summed E-state index contributed by atoms with van der Waals surface area (Å²) >= 11 is 0. The zero-order chi connectivity index (χ0) is 22.3. The first-order valence-electron chi connectivity index (χ1n) is 10.6. The fraction of sp³-hybridized carbons (Fsp3) is 0.292. The zero-order valence-corrected chi connectivity index (χ0v) is 18.3. The Bertz CT molecular complexity index is 1280. The van der Waals surface area contributed by atoms with Crippen LogP contribution in [0.25, 0.3) is 17.3 Å². The van der Waals surface area contributed by atoms with Crippen molar-refractivity contribution in [2.75, 3.05) is 6.54 Å². The van der Waals surface area contributed by atoms with Crippen LogP contribution < -0.4 is 0 Å². The molecule has 1 aliphatic rings. The maximum atomic E-state index is 13.0. The highest BCUT2D eigenvalue weighted by Crippen LogP contribution is 2.25. The van der Waals surface area contributed by atoms with Gasteiger partial charge in [-0.05, 0) is 29.7 Å².